The number of amidine groups is 1. The second-order valence-electron chi connectivity index (χ2n) is 9.35. The van der Waals surface area contributed by atoms with E-state index in [1.165, 1.54) is 45.1 Å². The number of ether oxygens (including phenoxy) is 1. The van der Waals surface area contributed by atoms with Crippen LogP contribution in [0.15, 0.2) is 28.4 Å². The number of aromatic nitrogens is 3. The van der Waals surface area contributed by atoms with Crippen molar-refractivity contribution in [1.82, 2.24) is 19.4 Å². The molecule has 2 N–H and O–H groups in total. The van der Waals surface area contributed by atoms with Gasteiger partial charge >= 0.3 is 0 Å². The van der Waals surface area contributed by atoms with Crippen LogP contribution in [0, 0.1) is 0 Å². The molecule has 1 atom stereocenters. The van der Waals surface area contributed by atoms with E-state index in [2.05, 4.69) is 30.4 Å². The van der Waals surface area contributed by atoms with Gasteiger partial charge in [0.1, 0.15) is 29.7 Å². The van der Waals surface area contributed by atoms with Crippen LogP contribution in [0.4, 0.5) is 5.82 Å². The number of likely N-dealkylation sites (tertiary alicyclic amines) is 1. The SMILES string of the molecule is CC(C)N=C(N=CN)c1cn2c(n1)-c1cnc(N3CCCC3CN3CCCC3)cc1OCC2. The van der Waals surface area contributed by atoms with Crippen molar-refractivity contribution in [3.8, 4) is 17.1 Å². The number of hydrogen-bond acceptors (Lipinski definition) is 6. The topological polar surface area (TPSA) is 97.2 Å². The number of nitrogens with zero attached hydrogens (tertiary/aromatic N) is 7. The molecule has 33 heavy (non-hydrogen) atoms. The van der Waals surface area contributed by atoms with E-state index in [4.69, 9.17) is 20.4 Å². The molecule has 9 nitrogen and oxygen atoms in total. The third kappa shape index (κ3) is 4.59. The number of fused-ring (bicyclic) bond motifs is 3. The molecule has 0 aliphatic carbocycles. The summed E-state index contributed by atoms with van der Waals surface area (Å²) in [5.74, 6) is 3.22. The Labute approximate surface area is 195 Å². The lowest BCUT2D eigenvalue weighted by Gasteiger charge is -2.29. The summed E-state index contributed by atoms with van der Waals surface area (Å²) in [7, 11) is 0. The standard InChI is InChI=1S/C24H34N8O/c1-17(2)28-23(27-16-25)20-15-31-10-11-33-21-12-22(26-13-19(21)24(31)29-20)32-9-5-6-18(32)14-30-7-3-4-8-30/h12-13,15-18H,3-11,14H2,1-2H3,(H2,25,27,28). The first-order chi connectivity index (χ1) is 16.1. The van der Waals surface area contributed by atoms with Crippen molar-refractivity contribution < 1.29 is 4.74 Å². The van der Waals surface area contributed by atoms with Crippen molar-refractivity contribution in [2.24, 2.45) is 15.7 Å². The summed E-state index contributed by atoms with van der Waals surface area (Å²) in [4.78, 5) is 23.6. The maximum absolute atomic E-state index is 6.15. The van der Waals surface area contributed by atoms with Crippen molar-refractivity contribution >= 4 is 18.0 Å². The van der Waals surface area contributed by atoms with Gasteiger partial charge in [-0.15, -0.1) is 0 Å². The molecule has 9 heteroatoms. The Bertz CT molecular complexity index is 1040. The second kappa shape index (κ2) is 9.51. The van der Waals surface area contributed by atoms with Crippen LogP contribution >= 0.6 is 0 Å². The normalized spacial score (nSPS) is 21.5. The number of pyridine rings is 1. The average molecular weight is 451 g/mol. The first kappa shape index (κ1) is 21.9. The minimum Gasteiger partial charge on any atom is -0.491 e. The molecule has 0 radical (unpaired) electrons. The fourth-order valence-electron chi connectivity index (χ4n) is 5.11. The highest BCUT2D eigenvalue weighted by Gasteiger charge is 2.30. The van der Waals surface area contributed by atoms with Crippen molar-refractivity contribution in [1.29, 1.82) is 0 Å². The van der Waals surface area contributed by atoms with E-state index in [0.29, 0.717) is 30.7 Å². The molecule has 2 aromatic rings. The Morgan fingerprint density at radius 3 is 2.88 bits per heavy atom. The molecular weight excluding hydrogens is 416 g/mol. The van der Waals surface area contributed by atoms with Gasteiger partial charge in [-0.2, -0.15) is 0 Å². The first-order valence-corrected chi connectivity index (χ1v) is 12.1. The molecule has 0 spiro atoms. The number of rotatable bonds is 5. The second-order valence-corrected chi connectivity index (χ2v) is 9.35. The predicted molar refractivity (Wildman–Crippen MR) is 131 cm³/mol. The van der Waals surface area contributed by atoms with E-state index in [1.54, 1.807) is 0 Å². The maximum Gasteiger partial charge on any atom is 0.176 e. The molecule has 2 saturated heterocycles. The highest BCUT2D eigenvalue weighted by atomic mass is 16.5. The summed E-state index contributed by atoms with van der Waals surface area (Å²) in [5.41, 5.74) is 7.17. The average Bonchev–Trinajstić information content (AvgIpc) is 3.54. The summed E-state index contributed by atoms with van der Waals surface area (Å²) >= 11 is 0. The van der Waals surface area contributed by atoms with E-state index in [1.807, 2.05) is 26.2 Å². The van der Waals surface area contributed by atoms with Crippen LogP contribution in [0.25, 0.3) is 11.4 Å². The number of nitrogens with two attached hydrogens (primary N) is 1. The molecule has 0 amide bonds. The molecule has 3 aliphatic rings. The van der Waals surface area contributed by atoms with Crippen molar-refractivity contribution in [2.75, 3.05) is 37.7 Å². The van der Waals surface area contributed by atoms with Crippen molar-refractivity contribution in [3.05, 3.63) is 24.2 Å². The molecule has 5 rings (SSSR count). The van der Waals surface area contributed by atoms with Crippen LogP contribution in [0.3, 0.4) is 0 Å². The molecule has 0 saturated carbocycles. The highest BCUT2D eigenvalue weighted by Crippen LogP contribution is 2.36. The molecular formula is C24H34N8O. The van der Waals surface area contributed by atoms with E-state index in [-0.39, 0.29) is 6.04 Å². The van der Waals surface area contributed by atoms with Crippen LogP contribution in [0.1, 0.15) is 45.2 Å². The van der Waals surface area contributed by atoms with Gasteiger partial charge in [-0.05, 0) is 52.6 Å². The van der Waals surface area contributed by atoms with Crippen molar-refractivity contribution in [3.63, 3.8) is 0 Å². The first-order valence-electron chi connectivity index (χ1n) is 12.1. The summed E-state index contributed by atoms with van der Waals surface area (Å²) in [6.45, 7) is 9.94. The van der Waals surface area contributed by atoms with Crippen LogP contribution in [0.2, 0.25) is 0 Å². The Morgan fingerprint density at radius 2 is 2.09 bits per heavy atom. The zero-order valence-corrected chi connectivity index (χ0v) is 19.7. The zero-order chi connectivity index (χ0) is 22.8. The fourth-order valence-corrected chi connectivity index (χ4v) is 5.11. The molecule has 3 aliphatic heterocycles. The third-order valence-electron chi connectivity index (χ3n) is 6.60. The zero-order valence-electron chi connectivity index (χ0n) is 19.7. The summed E-state index contributed by atoms with van der Waals surface area (Å²) in [5, 5.41) is 0. The van der Waals surface area contributed by atoms with E-state index in [9.17, 15) is 0 Å². The lowest BCUT2D eigenvalue weighted by Crippen LogP contribution is -2.39. The Kier molecular flexibility index (Phi) is 6.30. The monoisotopic (exact) mass is 450 g/mol. The fraction of sp³-hybridized carbons (Fsp3) is 0.583. The maximum atomic E-state index is 6.15. The number of imidazole rings is 1. The van der Waals surface area contributed by atoms with E-state index >= 15 is 0 Å². The van der Waals surface area contributed by atoms with Gasteiger partial charge < -0.3 is 24.8 Å². The Balaban J connectivity index is 1.43. The highest BCUT2D eigenvalue weighted by molar-refractivity contribution is 6.01. The van der Waals surface area contributed by atoms with Crippen LogP contribution < -0.4 is 15.4 Å². The van der Waals surface area contributed by atoms with Crippen LogP contribution in [-0.4, -0.2) is 76.5 Å². The van der Waals surface area contributed by atoms with E-state index in [0.717, 1.165) is 36.0 Å². The molecule has 5 heterocycles. The van der Waals surface area contributed by atoms with Gasteiger partial charge in [-0.25, -0.2) is 15.0 Å². The minimum atomic E-state index is 0.0963. The molecule has 2 fully saturated rings. The number of hydrogen-bond donors (Lipinski definition) is 1. The smallest absolute Gasteiger partial charge is 0.176 e. The van der Waals surface area contributed by atoms with Gasteiger partial charge in [0.2, 0.25) is 0 Å². The molecule has 1 unspecified atom stereocenters. The van der Waals surface area contributed by atoms with Crippen LogP contribution in [-0.2, 0) is 6.54 Å². The largest absolute Gasteiger partial charge is 0.491 e. The van der Waals surface area contributed by atoms with Gasteiger partial charge in [0, 0.05) is 43.6 Å². The summed E-state index contributed by atoms with van der Waals surface area (Å²) in [6, 6.07) is 2.72. The Hall–Kier alpha value is -2.94. The minimum absolute atomic E-state index is 0.0963. The van der Waals surface area contributed by atoms with Gasteiger partial charge in [0.15, 0.2) is 5.84 Å². The summed E-state index contributed by atoms with van der Waals surface area (Å²) in [6.07, 6.45) is 10.2. The Morgan fingerprint density at radius 1 is 1.24 bits per heavy atom. The molecule has 0 bridgehead atoms. The molecule has 176 valence electrons. The van der Waals surface area contributed by atoms with Gasteiger partial charge in [0.05, 0.1) is 18.4 Å². The molecule has 0 aromatic carbocycles. The number of aliphatic imine (C=N–C) groups is 2. The quantitative estimate of drug-likeness (QED) is 0.555. The van der Waals surface area contributed by atoms with E-state index < -0.39 is 0 Å². The van der Waals surface area contributed by atoms with Gasteiger partial charge in [-0.1, -0.05) is 0 Å². The lowest BCUT2D eigenvalue weighted by atomic mass is 10.2. The van der Waals surface area contributed by atoms with Gasteiger partial charge in [0.25, 0.3) is 0 Å². The third-order valence-corrected chi connectivity index (χ3v) is 6.60. The van der Waals surface area contributed by atoms with Gasteiger partial charge in [-0.3, -0.25) is 4.99 Å². The summed E-state index contributed by atoms with van der Waals surface area (Å²) < 4.78 is 8.25. The molecule has 2 aromatic heterocycles. The predicted octanol–water partition coefficient (Wildman–Crippen LogP) is 2.54. The number of anilines is 1. The lowest BCUT2D eigenvalue weighted by molar-refractivity contribution is 0.305. The van der Waals surface area contributed by atoms with Crippen molar-refractivity contribution in [2.45, 2.75) is 58.2 Å². The van der Waals surface area contributed by atoms with Crippen LogP contribution in [0.5, 0.6) is 5.75 Å².